The summed E-state index contributed by atoms with van der Waals surface area (Å²) in [6.07, 6.45) is 1.69. The molecule has 0 aromatic heterocycles. The van der Waals surface area contributed by atoms with Crippen molar-refractivity contribution in [2.24, 2.45) is 5.92 Å². The van der Waals surface area contributed by atoms with Crippen LogP contribution in [0.4, 0.5) is 0 Å². The number of phenolic OH excluding ortho intramolecular Hbond substituents is 1. The molecule has 0 unspecified atom stereocenters. The van der Waals surface area contributed by atoms with Crippen LogP contribution in [0, 0.1) is 5.92 Å². The first kappa shape index (κ1) is 14.1. The number of nitrogens with zero attached hydrogens (tertiary/aromatic N) is 1. The Bertz CT molecular complexity index is 552. The summed E-state index contributed by atoms with van der Waals surface area (Å²) >= 11 is 6.51. The van der Waals surface area contributed by atoms with E-state index < -0.39 is 0 Å². The van der Waals surface area contributed by atoms with Gasteiger partial charge in [0.1, 0.15) is 10.1 Å². The van der Waals surface area contributed by atoms with Gasteiger partial charge in [0.25, 0.3) is 5.91 Å². The van der Waals surface area contributed by atoms with Gasteiger partial charge in [0.15, 0.2) is 0 Å². The maximum Gasteiger partial charge on any atom is 0.266 e. The fourth-order valence-electron chi connectivity index (χ4n) is 1.77. The molecule has 1 fully saturated rings. The summed E-state index contributed by atoms with van der Waals surface area (Å²) in [5.41, 5.74) is 0.632. The quantitative estimate of drug-likeness (QED) is 0.686. The fourth-order valence-corrected chi connectivity index (χ4v) is 3.04. The van der Waals surface area contributed by atoms with Crippen LogP contribution >= 0.6 is 24.0 Å². The second kappa shape index (κ2) is 5.75. The van der Waals surface area contributed by atoms with Gasteiger partial charge in [0.05, 0.1) is 4.91 Å². The Hall–Kier alpha value is -1.33. The third kappa shape index (κ3) is 3.16. The number of benzene rings is 1. The molecule has 0 aliphatic carbocycles. The summed E-state index contributed by atoms with van der Waals surface area (Å²) in [4.78, 5) is 14.4. The molecule has 1 N–H and O–H groups in total. The van der Waals surface area contributed by atoms with E-state index in [9.17, 15) is 9.90 Å². The minimum absolute atomic E-state index is 0.0769. The van der Waals surface area contributed by atoms with Crippen molar-refractivity contribution in [1.29, 1.82) is 0 Å². The number of para-hydroxylation sites is 1. The second-order valence-electron chi connectivity index (χ2n) is 4.74. The van der Waals surface area contributed by atoms with Crippen LogP contribution in [0.3, 0.4) is 0 Å². The van der Waals surface area contributed by atoms with E-state index in [1.165, 1.54) is 11.8 Å². The number of amides is 1. The lowest BCUT2D eigenvalue weighted by molar-refractivity contribution is -0.122. The van der Waals surface area contributed by atoms with Gasteiger partial charge in [-0.3, -0.25) is 9.69 Å². The van der Waals surface area contributed by atoms with Gasteiger partial charge in [0.2, 0.25) is 0 Å². The summed E-state index contributed by atoms with van der Waals surface area (Å²) < 4.78 is 0.584. The van der Waals surface area contributed by atoms with Gasteiger partial charge in [-0.05, 0) is 18.1 Å². The van der Waals surface area contributed by atoms with Crippen LogP contribution in [0.25, 0.3) is 6.08 Å². The van der Waals surface area contributed by atoms with Crippen LogP contribution in [0.1, 0.15) is 19.4 Å². The highest BCUT2D eigenvalue weighted by Crippen LogP contribution is 2.34. The monoisotopic (exact) mass is 293 g/mol. The third-order valence-electron chi connectivity index (χ3n) is 2.64. The molecule has 0 bridgehead atoms. The normalized spacial score (nSPS) is 17.8. The molecule has 1 heterocycles. The van der Waals surface area contributed by atoms with Crippen molar-refractivity contribution in [3.05, 3.63) is 34.7 Å². The predicted octanol–water partition coefficient (Wildman–Crippen LogP) is 3.25. The number of thioether (sulfide) groups is 1. The van der Waals surface area contributed by atoms with Crippen LogP contribution < -0.4 is 0 Å². The lowest BCUT2D eigenvalue weighted by Gasteiger charge is -2.16. The molecule has 1 aromatic carbocycles. The van der Waals surface area contributed by atoms with Gasteiger partial charge in [-0.2, -0.15) is 0 Å². The minimum atomic E-state index is -0.0769. The predicted molar refractivity (Wildman–Crippen MR) is 82.8 cm³/mol. The lowest BCUT2D eigenvalue weighted by Crippen LogP contribution is -2.31. The maximum atomic E-state index is 12.2. The van der Waals surface area contributed by atoms with E-state index in [1.54, 1.807) is 29.2 Å². The van der Waals surface area contributed by atoms with Crippen LogP contribution in [-0.2, 0) is 4.79 Å². The Kier molecular flexibility index (Phi) is 4.27. The fraction of sp³-hybridized carbons (Fsp3) is 0.286. The van der Waals surface area contributed by atoms with Crippen molar-refractivity contribution in [2.75, 3.05) is 6.54 Å². The zero-order valence-electron chi connectivity index (χ0n) is 10.8. The zero-order valence-corrected chi connectivity index (χ0v) is 12.4. The van der Waals surface area contributed by atoms with E-state index in [0.717, 1.165) is 0 Å². The van der Waals surface area contributed by atoms with Gasteiger partial charge in [-0.25, -0.2) is 0 Å². The standard InChI is InChI=1S/C14H15NO2S2/c1-9(2)8-15-13(17)12(19-14(15)18)7-10-5-3-4-6-11(10)16/h3-7,9,16H,8H2,1-2H3. The van der Waals surface area contributed by atoms with Crippen molar-refractivity contribution in [3.8, 4) is 5.75 Å². The molecule has 1 aliphatic rings. The summed E-state index contributed by atoms with van der Waals surface area (Å²) in [5, 5.41) is 9.72. The largest absolute Gasteiger partial charge is 0.507 e. The van der Waals surface area contributed by atoms with Crippen molar-refractivity contribution in [2.45, 2.75) is 13.8 Å². The topological polar surface area (TPSA) is 40.5 Å². The molecule has 19 heavy (non-hydrogen) atoms. The molecule has 0 saturated carbocycles. The van der Waals surface area contributed by atoms with E-state index in [4.69, 9.17) is 12.2 Å². The van der Waals surface area contributed by atoms with Crippen LogP contribution in [0.15, 0.2) is 29.2 Å². The number of hydrogen-bond donors (Lipinski definition) is 1. The van der Waals surface area contributed by atoms with Gasteiger partial charge in [-0.15, -0.1) is 0 Å². The van der Waals surface area contributed by atoms with Gasteiger partial charge in [0, 0.05) is 12.1 Å². The Balaban J connectivity index is 2.26. The summed E-state index contributed by atoms with van der Waals surface area (Å²) in [7, 11) is 0. The number of carbonyl (C=O) groups is 1. The summed E-state index contributed by atoms with van der Waals surface area (Å²) in [6.45, 7) is 4.72. The molecule has 0 spiro atoms. The Labute approximate surface area is 122 Å². The SMILES string of the molecule is CC(C)CN1C(=O)C(=Cc2ccccc2O)SC1=S. The van der Waals surface area contributed by atoms with Gasteiger partial charge < -0.3 is 5.11 Å². The molecule has 0 radical (unpaired) electrons. The molecule has 1 aromatic rings. The van der Waals surface area contributed by atoms with Gasteiger partial charge >= 0.3 is 0 Å². The van der Waals surface area contributed by atoms with Crippen molar-refractivity contribution in [1.82, 2.24) is 4.90 Å². The van der Waals surface area contributed by atoms with Crippen LogP contribution in [0.2, 0.25) is 0 Å². The highest BCUT2D eigenvalue weighted by molar-refractivity contribution is 8.26. The Morgan fingerprint density at radius 2 is 2.11 bits per heavy atom. The number of phenols is 1. The lowest BCUT2D eigenvalue weighted by atomic mass is 10.2. The zero-order chi connectivity index (χ0) is 14.0. The molecule has 100 valence electrons. The third-order valence-corrected chi connectivity index (χ3v) is 4.02. The minimum Gasteiger partial charge on any atom is -0.507 e. The molecule has 2 rings (SSSR count). The molecule has 3 nitrogen and oxygen atoms in total. The second-order valence-corrected chi connectivity index (χ2v) is 6.42. The van der Waals surface area contributed by atoms with Crippen LogP contribution in [0.5, 0.6) is 5.75 Å². The van der Waals surface area contributed by atoms with E-state index in [1.807, 2.05) is 19.9 Å². The number of thiocarbonyl (C=S) groups is 1. The van der Waals surface area contributed by atoms with E-state index in [2.05, 4.69) is 0 Å². The van der Waals surface area contributed by atoms with Crippen molar-refractivity contribution in [3.63, 3.8) is 0 Å². The average molecular weight is 293 g/mol. The van der Waals surface area contributed by atoms with Crippen LogP contribution in [-0.4, -0.2) is 26.8 Å². The Morgan fingerprint density at radius 3 is 2.74 bits per heavy atom. The van der Waals surface area contributed by atoms with E-state index in [-0.39, 0.29) is 11.7 Å². The highest BCUT2D eigenvalue weighted by Gasteiger charge is 2.32. The maximum absolute atomic E-state index is 12.2. The molecule has 0 atom stereocenters. The van der Waals surface area contributed by atoms with E-state index >= 15 is 0 Å². The van der Waals surface area contributed by atoms with E-state index in [0.29, 0.717) is 27.3 Å². The molecular weight excluding hydrogens is 278 g/mol. The first-order valence-corrected chi connectivity index (χ1v) is 7.25. The Morgan fingerprint density at radius 1 is 1.42 bits per heavy atom. The average Bonchev–Trinajstić information content (AvgIpc) is 2.60. The molecular formula is C14H15NO2S2. The molecule has 5 heteroatoms. The highest BCUT2D eigenvalue weighted by atomic mass is 32.2. The molecule has 1 aliphatic heterocycles. The number of carbonyl (C=O) groups excluding carboxylic acids is 1. The number of hydrogen-bond acceptors (Lipinski definition) is 4. The number of aromatic hydroxyl groups is 1. The first-order valence-electron chi connectivity index (χ1n) is 6.02. The van der Waals surface area contributed by atoms with Crippen molar-refractivity contribution >= 4 is 40.3 Å². The first-order chi connectivity index (χ1) is 8.99. The summed E-state index contributed by atoms with van der Waals surface area (Å²) in [5.74, 6) is 0.454. The van der Waals surface area contributed by atoms with Crippen molar-refractivity contribution < 1.29 is 9.90 Å². The van der Waals surface area contributed by atoms with Gasteiger partial charge in [-0.1, -0.05) is 56.0 Å². The number of rotatable bonds is 3. The molecule has 1 amide bonds. The smallest absolute Gasteiger partial charge is 0.266 e. The summed E-state index contributed by atoms with van der Waals surface area (Å²) in [6, 6.07) is 6.93. The molecule has 1 saturated heterocycles.